The first kappa shape index (κ1) is 14.2. The first-order valence-corrected chi connectivity index (χ1v) is 8.02. The van der Waals surface area contributed by atoms with E-state index in [0.717, 1.165) is 20.9 Å². The van der Waals surface area contributed by atoms with Gasteiger partial charge in [-0.1, -0.05) is 22.0 Å². The van der Waals surface area contributed by atoms with E-state index < -0.39 is 0 Å². The molecule has 4 nitrogen and oxygen atoms in total. The van der Waals surface area contributed by atoms with Gasteiger partial charge >= 0.3 is 0 Å². The van der Waals surface area contributed by atoms with Crippen molar-refractivity contribution in [3.8, 4) is 10.7 Å². The summed E-state index contributed by atoms with van der Waals surface area (Å²) in [6.45, 7) is 4.08. The van der Waals surface area contributed by atoms with Gasteiger partial charge in [-0.15, -0.1) is 11.3 Å². The maximum absolute atomic E-state index is 4.51. The van der Waals surface area contributed by atoms with Crippen molar-refractivity contribution < 1.29 is 0 Å². The largest absolute Gasteiger partial charge is 0.324 e. The van der Waals surface area contributed by atoms with Crippen LogP contribution in [0.4, 0.5) is 11.6 Å². The molecule has 3 aromatic rings. The van der Waals surface area contributed by atoms with Gasteiger partial charge in [0.25, 0.3) is 0 Å². The van der Waals surface area contributed by atoms with Gasteiger partial charge in [-0.2, -0.15) is 0 Å². The number of aryl methyl sites for hydroxylation is 2. The number of halogens is 1. The molecule has 0 saturated heterocycles. The van der Waals surface area contributed by atoms with Crippen LogP contribution in [-0.2, 0) is 0 Å². The van der Waals surface area contributed by atoms with E-state index in [1.54, 1.807) is 17.5 Å². The quantitative estimate of drug-likeness (QED) is 0.733. The predicted molar refractivity (Wildman–Crippen MR) is 90.0 cm³/mol. The number of benzene rings is 1. The molecule has 106 valence electrons. The summed E-state index contributed by atoms with van der Waals surface area (Å²) >= 11 is 5.15. The van der Waals surface area contributed by atoms with Crippen LogP contribution in [0.25, 0.3) is 10.7 Å². The standard InChI is InChI=1S/C15H13BrN4S/c1-9-3-4-11(7-12(9)16)19-15-17-6-5-13(20-15)14-18-8-10(2)21-14/h3-8H,1-2H3,(H,17,19,20). The summed E-state index contributed by atoms with van der Waals surface area (Å²) in [6.07, 6.45) is 3.59. The highest BCUT2D eigenvalue weighted by atomic mass is 79.9. The maximum Gasteiger partial charge on any atom is 0.227 e. The number of rotatable bonds is 3. The second kappa shape index (κ2) is 5.91. The van der Waals surface area contributed by atoms with E-state index in [1.807, 2.05) is 37.4 Å². The summed E-state index contributed by atoms with van der Waals surface area (Å²) in [5, 5.41) is 4.12. The van der Waals surface area contributed by atoms with Gasteiger partial charge in [0.2, 0.25) is 5.95 Å². The molecule has 2 heterocycles. The highest BCUT2D eigenvalue weighted by Crippen LogP contribution is 2.25. The number of thiazole rings is 1. The average Bonchev–Trinajstić information content (AvgIpc) is 2.90. The minimum atomic E-state index is 0.566. The van der Waals surface area contributed by atoms with E-state index in [4.69, 9.17) is 0 Å². The van der Waals surface area contributed by atoms with Crippen LogP contribution < -0.4 is 5.32 Å². The topological polar surface area (TPSA) is 50.7 Å². The summed E-state index contributed by atoms with van der Waals surface area (Å²) < 4.78 is 1.05. The lowest BCUT2D eigenvalue weighted by atomic mass is 10.2. The smallest absolute Gasteiger partial charge is 0.227 e. The lowest BCUT2D eigenvalue weighted by Gasteiger charge is -2.07. The molecular weight excluding hydrogens is 348 g/mol. The summed E-state index contributed by atoms with van der Waals surface area (Å²) in [7, 11) is 0. The Morgan fingerprint density at radius 1 is 1.14 bits per heavy atom. The Morgan fingerprint density at radius 3 is 2.71 bits per heavy atom. The molecule has 0 unspecified atom stereocenters. The third-order valence-electron chi connectivity index (χ3n) is 2.92. The third-order valence-corrected chi connectivity index (χ3v) is 4.71. The van der Waals surface area contributed by atoms with Gasteiger partial charge in [0.05, 0.1) is 0 Å². The Labute approximate surface area is 135 Å². The van der Waals surface area contributed by atoms with Gasteiger partial charge in [-0.05, 0) is 37.6 Å². The van der Waals surface area contributed by atoms with Crippen LogP contribution >= 0.6 is 27.3 Å². The molecule has 0 fully saturated rings. The van der Waals surface area contributed by atoms with Crippen LogP contribution in [0.3, 0.4) is 0 Å². The van der Waals surface area contributed by atoms with Gasteiger partial charge in [-0.25, -0.2) is 15.0 Å². The summed E-state index contributed by atoms with van der Waals surface area (Å²) in [6, 6.07) is 7.93. The van der Waals surface area contributed by atoms with Gasteiger partial charge < -0.3 is 5.32 Å². The van der Waals surface area contributed by atoms with E-state index >= 15 is 0 Å². The number of aromatic nitrogens is 3. The molecule has 21 heavy (non-hydrogen) atoms. The summed E-state index contributed by atoms with van der Waals surface area (Å²) in [4.78, 5) is 14.3. The highest BCUT2D eigenvalue weighted by Gasteiger charge is 2.06. The average molecular weight is 361 g/mol. The van der Waals surface area contributed by atoms with Crippen LogP contribution in [0.5, 0.6) is 0 Å². The Hall–Kier alpha value is -1.79. The fraction of sp³-hybridized carbons (Fsp3) is 0.133. The van der Waals surface area contributed by atoms with Crippen LogP contribution in [0.2, 0.25) is 0 Å². The molecule has 0 aliphatic rings. The van der Waals surface area contributed by atoms with Crippen molar-refractivity contribution >= 4 is 38.9 Å². The molecule has 2 aromatic heterocycles. The zero-order valence-electron chi connectivity index (χ0n) is 11.6. The van der Waals surface area contributed by atoms with Crippen molar-refractivity contribution in [2.75, 3.05) is 5.32 Å². The van der Waals surface area contributed by atoms with Crippen LogP contribution in [-0.4, -0.2) is 15.0 Å². The normalized spacial score (nSPS) is 10.6. The second-order valence-electron chi connectivity index (χ2n) is 4.63. The molecule has 0 amide bonds. The van der Waals surface area contributed by atoms with Crippen molar-refractivity contribution in [2.45, 2.75) is 13.8 Å². The molecule has 0 aliphatic carbocycles. The zero-order chi connectivity index (χ0) is 14.8. The van der Waals surface area contributed by atoms with Crippen LogP contribution in [0, 0.1) is 13.8 Å². The fourth-order valence-electron chi connectivity index (χ4n) is 1.81. The fourth-order valence-corrected chi connectivity index (χ4v) is 2.92. The lowest BCUT2D eigenvalue weighted by Crippen LogP contribution is -1.98. The number of nitrogens with one attached hydrogen (secondary N) is 1. The van der Waals surface area contributed by atoms with Crippen molar-refractivity contribution in [1.82, 2.24) is 15.0 Å². The molecule has 0 atom stereocenters. The van der Waals surface area contributed by atoms with E-state index in [2.05, 4.69) is 43.1 Å². The first-order chi connectivity index (χ1) is 10.1. The monoisotopic (exact) mass is 360 g/mol. The van der Waals surface area contributed by atoms with Gasteiger partial charge in [0.1, 0.15) is 10.7 Å². The van der Waals surface area contributed by atoms with Crippen molar-refractivity contribution in [3.63, 3.8) is 0 Å². The Morgan fingerprint density at radius 2 is 2.00 bits per heavy atom. The highest BCUT2D eigenvalue weighted by molar-refractivity contribution is 9.10. The number of hydrogen-bond donors (Lipinski definition) is 1. The van der Waals surface area contributed by atoms with Gasteiger partial charge in [0.15, 0.2) is 0 Å². The van der Waals surface area contributed by atoms with Crippen molar-refractivity contribution in [3.05, 3.63) is 51.6 Å². The van der Waals surface area contributed by atoms with E-state index in [-0.39, 0.29) is 0 Å². The molecule has 3 rings (SSSR count). The number of anilines is 2. The number of nitrogens with zero attached hydrogens (tertiary/aromatic N) is 3. The molecule has 0 saturated carbocycles. The van der Waals surface area contributed by atoms with Gasteiger partial charge in [0, 0.05) is 27.4 Å². The first-order valence-electron chi connectivity index (χ1n) is 6.41. The Bertz CT molecular complexity index is 785. The summed E-state index contributed by atoms with van der Waals surface area (Å²) in [5.41, 5.74) is 2.96. The Balaban J connectivity index is 1.87. The van der Waals surface area contributed by atoms with E-state index in [1.165, 1.54) is 10.4 Å². The molecule has 0 radical (unpaired) electrons. The molecular formula is C15H13BrN4S. The van der Waals surface area contributed by atoms with E-state index in [0.29, 0.717) is 5.95 Å². The minimum absolute atomic E-state index is 0.566. The molecule has 0 aliphatic heterocycles. The predicted octanol–water partition coefficient (Wildman–Crippen LogP) is 4.72. The zero-order valence-corrected chi connectivity index (χ0v) is 14.0. The minimum Gasteiger partial charge on any atom is -0.324 e. The lowest BCUT2D eigenvalue weighted by molar-refractivity contribution is 1.16. The van der Waals surface area contributed by atoms with E-state index in [9.17, 15) is 0 Å². The van der Waals surface area contributed by atoms with Crippen LogP contribution in [0.1, 0.15) is 10.4 Å². The Kier molecular flexibility index (Phi) is 3.98. The molecule has 1 N–H and O–H groups in total. The molecule has 0 spiro atoms. The van der Waals surface area contributed by atoms with Crippen molar-refractivity contribution in [2.24, 2.45) is 0 Å². The molecule has 6 heteroatoms. The second-order valence-corrected chi connectivity index (χ2v) is 6.72. The van der Waals surface area contributed by atoms with Crippen LogP contribution in [0.15, 0.2) is 41.1 Å². The SMILES string of the molecule is Cc1cnc(-c2ccnc(Nc3ccc(C)c(Br)c3)n2)s1. The van der Waals surface area contributed by atoms with Gasteiger partial charge in [-0.3, -0.25) is 0 Å². The molecule has 0 bridgehead atoms. The molecule has 1 aromatic carbocycles. The summed E-state index contributed by atoms with van der Waals surface area (Å²) in [5.74, 6) is 0.566. The maximum atomic E-state index is 4.51. The number of hydrogen-bond acceptors (Lipinski definition) is 5. The van der Waals surface area contributed by atoms with Crippen molar-refractivity contribution in [1.29, 1.82) is 0 Å². The third kappa shape index (κ3) is 3.28.